The fourth-order valence-electron chi connectivity index (χ4n) is 2.88. The molecule has 3 atom stereocenters. The van der Waals surface area contributed by atoms with Gasteiger partial charge in [0.05, 0.1) is 0 Å². The van der Waals surface area contributed by atoms with Crippen LogP contribution < -0.4 is 5.32 Å². The average molecular weight is 340 g/mol. The minimum Gasteiger partial charge on any atom is -0.480 e. The van der Waals surface area contributed by atoms with E-state index in [1.807, 2.05) is 0 Å². The first-order valence-electron chi connectivity index (χ1n) is 6.97. The summed E-state index contributed by atoms with van der Waals surface area (Å²) in [5, 5.41) is 22.8. The topological polar surface area (TPSA) is 130 Å². The van der Waals surface area contributed by atoms with Crippen molar-refractivity contribution in [1.82, 2.24) is 30.4 Å². The third-order valence-corrected chi connectivity index (χ3v) is 5.40. The van der Waals surface area contributed by atoms with E-state index in [0.29, 0.717) is 5.82 Å². The summed E-state index contributed by atoms with van der Waals surface area (Å²) in [6, 6.07) is -1.61. The molecule has 10 nitrogen and oxygen atoms in total. The van der Waals surface area contributed by atoms with Crippen LogP contribution in [-0.2, 0) is 20.9 Å². The molecule has 0 bridgehead atoms. The van der Waals surface area contributed by atoms with Crippen molar-refractivity contribution in [2.75, 3.05) is 0 Å². The van der Waals surface area contributed by atoms with Crippen LogP contribution >= 0.6 is 11.8 Å². The number of carboxylic acid groups (broad SMARTS) is 1. The molecule has 0 aromatic carbocycles. The molecule has 2 fully saturated rings. The number of fused-ring (bicyclic) bond motifs is 1. The highest BCUT2D eigenvalue weighted by molar-refractivity contribution is 8.01. The fraction of sp³-hybridized carbons (Fsp3) is 0.667. The normalized spacial score (nSPS) is 28.2. The number of carbonyl (C=O) groups excluding carboxylic acids is 2. The second-order valence-electron chi connectivity index (χ2n) is 6.01. The van der Waals surface area contributed by atoms with Crippen molar-refractivity contribution in [2.24, 2.45) is 0 Å². The van der Waals surface area contributed by atoms with Gasteiger partial charge in [0.25, 0.3) is 0 Å². The van der Waals surface area contributed by atoms with Gasteiger partial charge in [-0.05, 0) is 26.0 Å². The lowest BCUT2D eigenvalue weighted by Gasteiger charge is -2.43. The van der Waals surface area contributed by atoms with E-state index >= 15 is 0 Å². The standard InChI is InChI=1S/C12H16N6O4S/c1-5-14-16-17(15-5)4-6(19)13-7-9(20)18-8(11(21)22)12(2,3)23-10(7)18/h7-8,10H,4H2,1-3H3,(H,13,19)(H,21,22)/t7-,8+,10-/m1/s1. The largest absolute Gasteiger partial charge is 0.480 e. The molecular formula is C12H16N6O4S. The van der Waals surface area contributed by atoms with Gasteiger partial charge in [-0.15, -0.1) is 22.0 Å². The number of tetrazole rings is 1. The number of rotatable bonds is 4. The zero-order valence-electron chi connectivity index (χ0n) is 12.8. The van der Waals surface area contributed by atoms with E-state index in [2.05, 4.69) is 20.7 Å². The van der Waals surface area contributed by atoms with Crippen molar-refractivity contribution in [3.63, 3.8) is 0 Å². The number of carbonyl (C=O) groups is 3. The molecule has 2 N–H and O–H groups in total. The summed E-state index contributed by atoms with van der Waals surface area (Å²) in [7, 11) is 0. The van der Waals surface area contributed by atoms with E-state index < -0.39 is 28.7 Å². The number of β-lactam (4-membered cyclic amide) rings is 1. The van der Waals surface area contributed by atoms with Gasteiger partial charge in [0.1, 0.15) is 24.0 Å². The molecule has 11 heteroatoms. The van der Waals surface area contributed by atoms with E-state index in [0.717, 1.165) is 4.80 Å². The third-order valence-electron chi connectivity index (χ3n) is 3.83. The lowest BCUT2D eigenvalue weighted by atomic mass is 9.96. The van der Waals surface area contributed by atoms with Gasteiger partial charge in [-0.1, -0.05) is 0 Å². The van der Waals surface area contributed by atoms with Gasteiger partial charge >= 0.3 is 5.97 Å². The van der Waals surface area contributed by atoms with E-state index in [1.54, 1.807) is 20.8 Å². The Kier molecular flexibility index (Phi) is 3.54. The fourth-order valence-corrected chi connectivity index (χ4v) is 4.51. The Hall–Kier alpha value is -2.17. The summed E-state index contributed by atoms with van der Waals surface area (Å²) in [6.45, 7) is 5.07. The molecule has 124 valence electrons. The Morgan fingerprint density at radius 2 is 2.13 bits per heavy atom. The quantitative estimate of drug-likeness (QED) is 0.641. The van der Waals surface area contributed by atoms with Crippen LogP contribution in [0.2, 0.25) is 0 Å². The molecule has 3 heterocycles. The average Bonchev–Trinajstić information content (AvgIpc) is 2.95. The molecule has 2 amide bonds. The first kappa shape index (κ1) is 15.7. The zero-order chi connectivity index (χ0) is 16.9. The van der Waals surface area contributed by atoms with Gasteiger partial charge in [-0.25, -0.2) is 4.79 Å². The zero-order valence-corrected chi connectivity index (χ0v) is 13.6. The SMILES string of the molecule is Cc1nnn(CC(=O)N[C@@H]2C(=O)N3[C@@H]2SC(C)(C)[C@@H]3C(=O)O)n1. The first-order chi connectivity index (χ1) is 10.7. The monoisotopic (exact) mass is 340 g/mol. The molecule has 0 radical (unpaired) electrons. The van der Waals surface area contributed by atoms with Crippen molar-refractivity contribution >= 4 is 29.5 Å². The van der Waals surface area contributed by atoms with Crippen LogP contribution in [0, 0.1) is 6.92 Å². The maximum Gasteiger partial charge on any atom is 0.327 e. The van der Waals surface area contributed by atoms with E-state index in [-0.39, 0.29) is 17.8 Å². The van der Waals surface area contributed by atoms with Crippen molar-refractivity contribution in [2.45, 2.75) is 49.5 Å². The Balaban J connectivity index is 1.66. The van der Waals surface area contributed by atoms with Crippen LogP contribution in [0.4, 0.5) is 0 Å². The molecule has 2 saturated heterocycles. The number of aliphatic carboxylic acids is 1. The highest BCUT2D eigenvalue weighted by atomic mass is 32.2. The van der Waals surface area contributed by atoms with Crippen molar-refractivity contribution in [3.8, 4) is 0 Å². The number of nitrogens with one attached hydrogen (secondary N) is 1. The lowest BCUT2D eigenvalue weighted by Crippen LogP contribution is -2.70. The predicted octanol–water partition coefficient (Wildman–Crippen LogP) is -1.39. The lowest BCUT2D eigenvalue weighted by molar-refractivity contribution is -0.161. The van der Waals surface area contributed by atoms with Crippen LogP contribution in [0.3, 0.4) is 0 Å². The Morgan fingerprint density at radius 1 is 1.43 bits per heavy atom. The van der Waals surface area contributed by atoms with Gasteiger partial charge in [-0.3, -0.25) is 9.59 Å². The van der Waals surface area contributed by atoms with Gasteiger partial charge in [0, 0.05) is 4.75 Å². The molecule has 23 heavy (non-hydrogen) atoms. The smallest absolute Gasteiger partial charge is 0.327 e. The van der Waals surface area contributed by atoms with Gasteiger partial charge in [0.15, 0.2) is 5.82 Å². The molecule has 0 spiro atoms. The second kappa shape index (κ2) is 5.18. The number of hydrogen-bond acceptors (Lipinski definition) is 7. The molecule has 0 saturated carbocycles. The number of hydrogen-bond donors (Lipinski definition) is 2. The minimum atomic E-state index is -1.04. The number of aromatic nitrogens is 4. The molecule has 1 aromatic rings. The van der Waals surface area contributed by atoms with Crippen LogP contribution in [0.15, 0.2) is 0 Å². The van der Waals surface area contributed by atoms with Gasteiger partial charge in [0.2, 0.25) is 11.8 Å². The Bertz CT molecular complexity index is 689. The first-order valence-corrected chi connectivity index (χ1v) is 7.85. The molecule has 1 aromatic heterocycles. The van der Waals surface area contributed by atoms with Crippen LogP contribution in [0.1, 0.15) is 19.7 Å². The summed E-state index contributed by atoms with van der Waals surface area (Å²) in [5.41, 5.74) is 0. The number of amides is 2. The molecule has 0 aliphatic carbocycles. The minimum absolute atomic E-state index is 0.145. The number of aryl methyl sites for hydroxylation is 1. The highest BCUT2D eigenvalue weighted by Gasteiger charge is 2.64. The van der Waals surface area contributed by atoms with Crippen molar-refractivity contribution in [1.29, 1.82) is 0 Å². The molecule has 0 unspecified atom stereocenters. The predicted molar refractivity (Wildman–Crippen MR) is 78.2 cm³/mol. The van der Waals surface area contributed by atoms with Crippen LogP contribution in [-0.4, -0.2) is 70.2 Å². The molecule has 3 rings (SSSR count). The summed E-state index contributed by atoms with van der Waals surface area (Å²) < 4.78 is -0.615. The summed E-state index contributed by atoms with van der Waals surface area (Å²) in [5.74, 6) is -1.39. The Morgan fingerprint density at radius 3 is 2.70 bits per heavy atom. The van der Waals surface area contributed by atoms with E-state index in [4.69, 9.17) is 0 Å². The van der Waals surface area contributed by atoms with E-state index in [9.17, 15) is 19.5 Å². The van der Waals surface area contributed by atoms with Crippen LogP contribution in [0.25, 0.3) is 0 Å². The van der Waals surface area contributed by atoms with Crippen molar-refractivity contribution in [3.05, 3.63) is 5.82 Å². The summed E-state index contributed by atoms with van der Waals surface area (Å²) in [6.07, 6.45) is 0. The summed E-state index contributed by atoms with van der Waals surface area (Å²) >= 11 is 1.38. The number of nitrogens with zero attached hydrogens (tertiary/aromatic N) is 5. The van der Waals surface area contributed by atoms with Gasteiger partial charge in [-0.2, -0.15) is 4.80 Å². The number of thioether (sulfide) groups is 1. The van der Waals surface area contributed by atoms with E-state index in [1.165, 1.54) is 16.7 Å². The molecule has 2 aliphatic heterocycles. The van der Waals surface area contributed by atoms with Gasteiger partial charge < -0.3 is 15.3 Å². The number of carboxylic acids is 1. The summed E-state index contributed by atoms with van der Waals surface area (Å²) in [4.78, 5) is 38.1. The Labute approximate surface area is 135 Å². The second-order valence-corrected chi connectivity index (χ2v) is 7.78. The van der Waals surface area contributed by atoms with Crippen molar-refractivity contribution < 1.29 is 19.5 Å². The third kappa shape index (κ3) is 2.54. The molecule has 2 aliphatic rings. The maximum atomic E-state index is 12.2. The van der Waals surface area contributed by atoms with Crippen LogP contribution in [0.5, 0.6) is 0 Å². The maximum absolute atomic E-state index is 12.2. The molecular weight excluding hydrogens is 324 g/mol. The highest BCUT2D eigenvalue weighted by Crippen LogP contribution is 2.50.